The maximum absolute atomic E-state index is 5.73. The number of benzene rings is 1. The van der Waals surface area contributed by atoms with Crippen molar-refractivity contribution in [2.45, 2.75) is 20.3 Å². The second kappa shape index (κ2) is 10.3. The molecule has 0 aromatic heterocycles. The number of hydrogen-bond acceptors (Lipinski definition) is 1. The Bertz CT molecular complexity index is 312. The zero-order valence-electron chi connectivity index (χ0n) is 11.7. The zero-order valence-corrected chi connectivity index (χ0v) is 16.1. The van der Waals surface area contributed by atoms with Crippen molar-refractivity contribution < 1.29 is 57.2 Å². The van der Waals surface area contributed by atoms with E-state index in [9.17, 15) is 0 Å². The van der Waals surface area contributed by atoms with Crippen molar-refractivity contribution in [2.24, 2.45) is 0 Å². The molecule has 0 aliphatic carbocycles. The fourth-order valence-electron chi connectivity index (χ4n) is 1.76. The van der Waals surface area contributed by atoms with Crippen molar-refractivity contribution in [3.05, 3.63) is 29.8 Å². The summed E-state index contributed by atoms with van der Waals surface area (Å²) in [6.07, 6.45) is 1.22. The number of halogens is 2. The zero-order chi connectivity index (χ0) is 12.0. The first-order valence-corrected chi connectivity index (χ1v) is 6.05. The van der Waals surface area contributed by atoms with Crippen molar-refractivity contribution in [2.75, 3.05) is 33.8 Å². The molecule has 106 valence electrons. The van der Waals surface area contributed by atoms with Crippen LogP contribution in [0.15, 0.2) is 24.3 Å². The van der Waals surface area contributed by atoms with Gasteiger partial charge in [-0.15, -0.1) is 0 Å². The SMILES string of the molecule is CCC[N+](C)(C)CCOc1ccc(C)cc1.[I-].[I-]. The highest BCUT2D eigenvalue weighted by Gasteiger charge is 2.12. The molecule has 0 N–H and O–H groups in total. The van der Waals surface area contributed by atoms with Gasteiger partial charge in [-0.25, -0.2) is 0 Å². The molecular weight excluding hydrogens is 452 g/mol. The van der Waals surface area contributed by atoms with Crippen molar-refractivity contribution in [3.63, 3.8) is 0 Å². The van der Waals surface area contributed by atoms with Crippen LogP contribution in [0.4, 0.5) is 0 Å². The van der Waals surface area contributed by atoms with Gasteiger partial charge in [0.15, 0.2) is 0 Å². The van der Waals surface area contributed by atoms with E-state index < -0.39 is 0 Å². The lowest BCUT2D eigenvalue weighted by Crippen LogP contribution is -3.00. The van der Waals surface area contributed by atoms with Crippen molar-refractivity contribution >= 4 is 0 Å². The van der Waals surface area contributed by atoms with E-state index in [2.05, 4.69) is 40.1 Å². The van der Waals surface area contributed by atoms with Crippen LogP contribution in [-0.4, -0.2) is 38.3 Å². The topological polar surface area (TPSA) is 9.23 Å². The van der Waals surface area contributed by atoms with Crippen molar-refractivity contribution in [1.29, 1.82) is 0 Å². The van der Waals surface area contributed by atoms with E-state index in [1.807, 2.05) is 12.1 Å². The molecule has 4 heteroatoms. The molecular formula is C14H24I2NO-. The fourth-order valence-corrected chi connectivity index (χ4v) is 1.76. The average Bonchev–Trinajstić information content (AvgIpc) is 2.20. The van der Waals surface area contributed by atoms with Gasteiger partial charge in [0, 0.05) is 0 Å². The molecule has 0 bridgehead atoms. The molecule has 0 amide bonds. The van der Waals surface area contributed by atoms with Crippen LogP contribution in [0.1, 0.15) is 18.9 Å². The fraction of sp³-hybridized carbons (Fsp3) is 0.571. The first-order valence-electron chi connectivity index (χ1n) is 6.05. The summed E-state index contributed by atoms with van der Waals surface area (Å²) in [4.78, 5) is 0. The van der Waals surface area contributed by atoms with Crippen LogP contribution in [0.3, 0.4) is 0 Å². The maximum atomic E-state index is 5.73. The van der Waals surface area contributed by atoms with Crippen LogP contribution in [0.5, 0.6) is 5.75 Å². The van der Waals surface area contributed by atoms with Crippen LogP contribution in [0, 0.1) is 6.92 Å². The molecule has 18 heavy (non-hydrogen) atoms. The molecule has 0 fully saturated rings. The number of likely N-dealkylation sites (N-methyl/N-ethyl adjacent to an activating group) is 1. The van der Waals surface area contributed by atoms with E-state index in [-0.39, 0.29) is 48.0 Å². The first-order chi connectivity index (χ1) is 7.53. The Morgan fingerprint density at radius 2 is 1.56 bits per heavy atom. The monoisotopic (exact) mass is 476 g/mol. The van der Waals surface area contributed by atoms with Crippen LogP contribution < -0.4 is 52.7 Å². The van der Waals surface area contributed by atoms with Gasteiger partial charge in [-0.2, -0.15) is 0 Å². The summed E-state index contributed by atoms with van der Waals surface area (Å²) in [5, 5.41) is 0. The summed E-state index contributed by atoms with van der Waals surface area (Å²) in [5.74, 6) is 0.974. The lowest BCUT2D eigenvalue weighted by molar-refractivity contribution is -0.890. The van der Waals surface area contributed by atoms with Gasteiger partial charge in [0.1, 0.15) is 18.9 Å². The standard InChI is InChI=1S/C14H24NO.2HI/c1-5-10-15(3,4)11-12-16-14-8-6-13(2)7-9-14;;/h6-9H,5,10-12H2,1-4H3;2*1H/q+1;;/p-2. The molecule has 0 radical (unpaired) electrons. The molecule has 0 saturated heterocycles. The number of ether oxygens (including phenoxy) is 1. The molecule has 0 aliphatic rings. The van der Waals surface area contributed by atoms with Gasteiger partial charge in [0.25, 0.3) is 0 Å². The lowest BCUT2D eigenvalue weighted by atomic mass is 10.2. The summed E-state index contributed by atoms with van der Waals surface area (Å²) in [6, 6.07) is 8.24. The van der Waals surface area contributed by atoms with Crippen LogP contribution in [0.2, 0.25) is 0 Å². The van der Waals surface area contributed by atoms with Crippen LogP contribution in [0.25, 0.3) is 0 Å². The quantitative estimate of drug-likeness (QED) is 0.312. The molecule has 1 aromatic rings. The largest absolute Gasteiger partial charge is 1.00 e. The Kier molecular flexibility index (Phi) is 11.8. The van der Waals surface area contributed by atoms with Crippen LogP contribution >= 0.6 is 0 Å². The minimum Gasteiger partial charge on any atom is -1.00 e. The number of hydrogen-bond donors (Lipinski definition) is 0. The summed E-state index contributed by atoms with van der Waals surface area (Å²) in [5.41, 5.74) is 1.27. The Hall–Kier alpha value is 0.440. The van der Waals surface area contributed by atoms with Gasteiger partial charge >= 0.3 is 0 Å². The summed E-state index contributed by atoms with van der Waals surface area (Å²) in [7, 11) is 4.50. The van der Waals surface area contributed by atoms with E-state index >= 15 is 0 Å². The minimum absolute atomic E-state index is 0. The highest BCUT2D eigenvalue weighted by molar-refractivity contribution is 5.26. The van der Waals surface area contributed by atoms with Gasteiger partial charge in [0.05, 0.1) is 20.6 Å². The molecule has 1 rings (SSSR count). The molecule has 0 unspecified atom stereocenters. The summed E-state index contributed by atoms with van der Waals surface area (Å²) < 4.78 is 6.76. The van der Waals surface area contributed by atoms with Gasteiger partial charge in [-0.3, -0.25) is 0 Å². The van der Waals surface area contributed by atoms with Crippen LogP contribution in [-0.2, 0) is 0 Å². The predicted molar refractivity (Wildman–Crippen MR) is 68.8 cm³/mol. The van der Waals surface area contributed by atoms with E-state index in [1.165, 1.54) is 18.5 Å². The van der Waals surface area contributed by atoms with E-state index in [0.29, 0.717) is 0 Å². The highest BCUT2D eigenvalue weighted by atomic mass is 127. The average molecular weight is 476 g/mol. The molecule has 0 atom stereocenters. The molecule has 1 aromatic carbocycles. The number of aryl methyl sites for hydroxylation is 1. The summed E-state index contributed by atoms with van der Waals surface area (Å²) in [6.45, 7) is 7.36. The van der Waals surface area contributed by atoms with Gasteiger partial charge in [-0.1, -0.05) is 24.6 Å². The maximum Gasteiger partial charge on any atom is 0.137 e. The third kappa shape index (κ3) is 8.53. The molecule has 0 saturated carbocycles. The van der Waals surface area contributed by atoms with Gasteiger partial charge in [0.2, 0.25) is 0 Å². The molecule has 2 nitrogen and oxygen atoms in total. The summed E-state index contributed by atoms with van der Waals surface area (Å²) >= 11 is 0. The lowest BCUT2D eigenvalue weighted by Gasteiger charge is -2.29. The van der Waals surface area contributed by atoms with E-state index in [0.717, 1.165) is 23.4 Å². The third-order valence-corrected chi connectivity index (χ3v) is 2.82. The van der Waals surface area contributed by atoms with Crippen molar-refractivity contribution in [3.8, 4) is 5.75 Å². The van der Waals surface area contributed by atoms with Gasteiger partial charge < -0.3 is 57.2 Å². The minimum atomic E-state index is 0. The second-order valence-electron chi connectivity index (χ2n) is 5.04. The smallest absolute Gasteiger partial charge is 0.137 e. The van der Waals surface area contributed by atoms with E-state index in [4.69, 9.17) is 4.74 Å². The normalized spacial score (nSPS) is 10.2. The second-order valence-corrected chi connectivity index (χ2v) is 5.04. The Morgan fingerprint density at radius 1 is 1.00 bits per heavy atom. The number of rotatable bonds is 6. The Balaban J connectivity index is 0. The Morgan fingerprint density at radius 3 is 2.06 bits per heavy atom. The highest BCUT2D eigenvalue weighted by Crippen LogP contribution is 2.11. The molecule has 0 spiro atoms. The van der Waals surface area contributed by atoms with Crippen molar-refractivity contribution in [1.82, 2.24) is 0 Å². The third-order valence-electron chi connectivity index (χ3n) is 2.82. The first kappa shape index (κ1) is 20.8. The molecule has 0 aliphatic heterocycles. The number of quaternary nitrogens is 1. The van der Waals surface area contributed by atoms with Gasteiger partial charge in [-0.05, 0) is 25.5 Å². The Labute approximate surface area is 146 Å². The van der Waals surface area contributed by atoms with E-state index in [1.54, 1.807) is 0 Å². The number of nitrogens with zero attached hydrogens (tertiary/aromatic N) is 1. The molecule has 0 heterocycles. The predicted octanol–water partition coefficient (Wildman–Crippen LogP) is -3.13.